The Morgan fingerprint density at radius 2 is 1.75 bits per heavy atom. The predicted octanol–water partition coefficient (Wildman–Crippen LogP) is 4.27. The summed E-state index contributed by atoms with van der Waals surface area (Å²) in [5.41, 5.74) is 4.85. The standard InChI is InChI=1S/C18H24O2/c1-13-12-18(3,20-5)14(2)16(17(13)19-4)11-15-9-7-6-8-10-15/h6-10H,11-12H2,1-5H3. The number of hydrogen-bond donors (Lipinski definition) is 0. The Labute approximate surface area is 122 Å². The van der Waals surface area contributed by atoms with Crippen LogP contribution in [0.5, 0.6) is 0 Å². The SMILES string of the molecule is COC1=C(C)CC(C)(OC)C(C)=C1Cc1ccccc1. The van der Waals surface area contributed by atoms with Crippen molar-refractivity contribution in [2.24, 2.45) is 0 Å². The second-order valence-corrected chi connectivity index (χ2v) is 5.69. The summed E-state index contributed by atoms with van der Waals surface area (Å²) in [4.78, 5) is 0. The highest BCUT2D eigenvalue weighted by molar-refractivity contribution is 5.45. The zero-order valence-corrected chi connectivity index (χ0v) is 13.1. The Hall–Kier alpha value is -1.54. The van der Waals surface area contributed by atoms with E-state index in [2.05, 4.69) is 45.0 Å². The van der Waals surface area contributed by atoms with E-state index >= 15 is 0 Å². The molecule has 0 bridgehead atoms. The molecule has 0 spiro atoms. The molecule has 0 saturated heterocycles. The van der Waals surface area contributed by atoms with Gasteiger partial charge < -0.3 is 9.47 Å². The molecule has 0 fully saturated rings. The van der Waals surface area contributed by atoms with Gasteiger partial charge in [-0.1, -0.05) is 30.3 Å². The van der Waals surface area contributed by atoms with Crippen molar-refractivity contribution < 1.29 is 9.47 Å². The first-order valence-electron chi connectivity index (χ1n) is 7.05. The van der Waals surface area contributed by atoms with E-state index in [1.807, 2.05) is 6.07 Å². The van der Waals surface area contributed by atoms with E-state index in [1.54, 1.807) is 14.2 Å². The molecule has 2 nitrogen and oxygen atoms in total. The third-order valence-corrected chi connectivity index (χ3v) is 4.39. The van der Waals surface area contributed by atoms with Crippen LogP contribution in [0.2, 0.25) is 0 Å². The van der Waals surface area contributed by atoms with Crippen LogP contribution >= 0.6 is 0 Å². The van der Waals surface area contributed by atoms with Gasteiger partial charge >= 0.3 is 0 Å². The number of rotatable bonds is 4. The van der Waals surface area contributed by atoms with E-state index in [0.29, 0.717) is 0 Å². The summed E-state index contributed by atoms with van der Waals surface area (Å²) in [5, 5.41) is 0. The van der Waals surface area contributed by atoms with Gasteiger partial charge in [0.2, 0.25) is 0 Å². The van der Waals surface area contributed by atoms with Crippen molar-refractivity contribution in [2.45, 2.75) is 39.2 Å². The van der Waals surface area contributed by atoms with Crippen LogP contribution < -0.4 is 0 Å². The first-order chi connectivity index (χ1) is 9.51. The molecule has 1 aliphatic rings. The van der Waals surface area contributed by atoms with Gasteiger partial charge in [0, 0.05) is 25.5 Å². The van der Waals surface area contributed by atoms with Crippen molar-refractivity contribution in [2.75, 3.05) is 14.2 Å². The molecule has 0 aromatic heterocycles. The number of benzene rings is 1. The van der Waals surface area contributed by atoms with E-state index < -0.39 is 0 Å². The second-order valence-electron chi connectivity index (χ2n) is 5.69. The van der Waals surface area contributed by atoms with E-state index in [0.717, 1.165) is 18.6 Å². The smallest absolute Gasteiger partial charge is 0.121 e. The molecule has 1 aromatic carbocycles. The average Bonchev–Trinajstić information content (AvgIpc) is 2.46. The monoisotopic (exact) mass is 272 g/mol. The molecule has 108 valence electrons. The molecule has 0 amide bonds. The summed E-state index contributed by atoms with van der Waals surface area (Å²) in [7, 11) is 3.54. The Balaban J connectivity index is 2.46. The number of ether oxygens (including phenoxy) is 2. The zero-order chi connectivity index (χ0) is 14.8. The molecule has 1 aromatic rings. The highest BCUT2D eigenvalue weighted by Crippen LogP contribution is 2.40. The average molecular weight is 272 g/mol. The molecule has 2 rings (SSSR count). The van der Waals surface area contributed by atoms with Crippen LogP contribution in [0.1, 0.15) is 32.8 Å². The lowest BCUT2D eigenvalue weighted by molar-refractivity contribution is 0.0335. The Bertz CT molecular complexity index is 540. The van der Waals surface area contributed by atoms with Gasteiger partial charge in [0.15, 0.2) is 0 Å². The first kappa shape index (κ1) is 14.9. The van der Waals surface area contributed by atoms with Gasteiger partial charge in [-0.15, -0.1) is 0 Å². The topological polar surface area (TPSA) is 18.5 Å². The molecule has 1 aliphatic carbocycles. The minimum absolute atomic E-state index is 0.226. The molecule has 0 heterocycles. The van der Waals surface area contributed by atoms with Crippen LogP contribution in [0.4, 0.5) is 0 Å². The third kappa shape index (κ3) is 2.66. The highest BCUT2D eigenvalue weighted by Gasteiger charge is 2.35. The van der Waals surface area contributed by atoms with Crippen molar-refractivity contribution in [1.82, 2.24) is 0 Å². The lowest BCUT2D eigenvalue weighted by Crippen LogP contribution is -2.34. The molecule has 20 heavy (non-hydrogen) atoms. The Kier molecular flexibility index (Phi) is 4.34. The summed E-state index contributed by atoms with van der Waals surface area (Å²) in [6.07, 6.45) is 1.77. The summed E-state index contributed by atoms with van der Waals surface area (Å²) >= 11 is 0. The molecule has 0 saturated carbocycles. The lowest BCUT2D eigenvalue weighted by atomic mass is 9.78. The molecular formula is C18H24O2. The van der Waals surface area contributed by atoms with Crippen LogP contribution in [0.15, 0.2) is 52.8 Å². The van der Waals surface area contributed by atoms with Crippen molar-refractivity contribution in [3.05, 3.63) is 58.4 Å². The maximum Gasteiger partial charge on any atom is 0.121 e. The number of methoxy groups -OCH3 is 2. The summed E-state index contributed by atoms with van der Waals surface area (Å²) in [6, 6.07) is 10.5. The molecule has 0 radical (unpaired) electrons. The zero-order valence-electron chi connectivity index (χ0n) is 13.1. The Morgan fingerprint density at radius 3 is 2.30 bits per heavy atom. The van der Waals surface area contributed by atoms with Crippen molar-refractivity contribution in [3.8, 4) is 0 Å². The van der Waals surface area contributed by atoms with Crippen LogP contribution in [0.25, 0.3) is 0 Å². The molecule has 0 N–H and O–H groups in total. The third-order valence-electron chi connectivity index (χ3n) is 4.39. The fraction of sp³-hybridized carbons (Fsp3) is 0.444. The lowest BCUT2D eigenvalue weighted by Gasteiger charge is -2.37. The van der Waals surface area contributed by atoms with Gasteiger partial charge in [-0.25, -0.2) is 0 Å². The van der Waals surface area contributed by atoms with Gasteiger partial charge in [-0.2, -0.15) is 0 Å². The fourth-order valence-electron chi connectivity index (χ4n) is 3.00. The van der Waals surface area contributed by atoms with E-state index in [-0.39, 0.29) is 5.60 Å². The van der Waals surface area contributed by atoms with E-state index in [9.17, 15) is 0 Å². The first-order valence-corrected chi connectivity index (χ1v) is 7.05. The molecular weight excluding hydrogens is 248 g/mol. The van der Waals surface area contributed by atoms with Crippen LogP contribution in [0, 0.1) is 0 Å². The second kappa shape index (κ2) is 5.84. The van der Waals surface area contributed by atoms with Crippen LogP contribution in [-0.4, -0.2) is 19.8 Å². The van der Waals surface area contributed by atoms with Gasteiger partial charge in [0.1, 0.15) is 5.76 Å². The number of allylic oxidation sites excluding steroid dienone is 1. The number of hydrogen-bond acceptors (Lipinski definition) is 2. The highest BCUT2D eigenvalue weighted by atomic mass is 16.5. The van der Waals surface area contributed by atoms with Crippen LogP contribution in [-0.2, 0) is 15.9 Å². The van der Waals surface area contributed by atoms with Gasteiger partial charge in [0.25, 0.3) is 0 Å². The maximum atomic E-state index is 5.77. The molecule has 2 heteroatoms. The van der Waals surface area contributed by atoms with E-state index in [1.165, 1.54) is 22.3 Å². The minimum Gasteiger partial charge on any atom is -0.497 e. The molecule has 1 atom stereocenters. The summed E-state index contributed by atoms with van der Waals surface area (Å²) in [6.45, 7) is 6.45. The molecule has 1 unspecified atom stereocenters. The maximum absolute atomic E-state index is 5.77. The summed E-state index contributed by atoms with van der Waals surface area (Å²) in [5.74, 6) is 1.03. The van der Waals surface area contributed by atoms with Gasteiger partial charge in [0.05, 0.1) is 12.7 Å². The van der Waals surface area contributed by atoms with Crippen molar-refractivity contribution in [1.29, 1.82) is 0 Å². The van der Waals surface area contributed by atoms with E-state index in [4.69, 9.17) is 9.47 Å². The largest absolute Gasteiger partial charge is 0.497 e. The normalized spacial score (nSPS) is 23.2. The van der Waals surface area contributed by atoms with Gasteiger partial charge in [-0.05, 0) is 37.5 Å². The van der Waals surface area contributed by atoms with Crippen molar-refractivity contribution in [3.63, 3.8) is 0 Å². The minimum atomic E-state index is -0.226. The predicted molar refractivity (Wildman–Crippen MR) is 82.6 cm³/mol. The Morgan fingerprint density at radius 1 is 1.10 bits per heavy atom. The fourth-order valence-corrected chi connectivity index (χ4v) is 3.00. The van der Waals surface area contributed by atoms with Gasteiger partial charge in [-0.3, -0.25) is 0 Å². The van der Waals surface area contributed by atoms with Crippen molar-refractivity contribution >= 4 is 0 Å². The van der Waals surface area contributed by atoms with Crippen LogP contribution in [0.3, 0.4) is 0 Å². The summed E-state index contributed by atoms with van der Waals surface area (Å²) < 4.78 is 11.4. The molecule has 0 aliphatic heterocycles. The quantitative estimate of drug-likeness (QED) is 0.814.